The monoisotopic (exact) mass is 303 g/mol. The number of rotatable bonds is 6. The van der Waals surface area contributed by atoms with Crippen molar-refractivity contribution in [1.82, 2.24) is 5.32 Å². The number of nitrogens with one attached hydrogen (secondary N) is 1. The standard InChI is InChI=1S/C18H25NOS/c1-14(12-19-13-17-6-5-11-21-17)20-16-9-7-15(8-10-16)18(2,3)4/h5-11,14,19H,12-13H2,1-4H3. The molecule has 0 aliphatic carbocycles. The van der Waals surface area contributed by atoms with Gasteiger partial charge < -0.3 is 10.1 Å². The maximum Gasteiger partial charge on any atom is 0.119 e. The van der Waals surface area contributed by atoms with Gasteiger partial charge in [-0.25, -0.2) is 0 Å². The third kappa shape index (κ3) is 5.18. The molecule has 1 aromatic heterocycles. The van der Waals surface area contributed by atoms with Gasteiger partial charge in [0.05, 0.1) is 0 Å². The lowest BCUT2D eigenvalue weighted by molar-refractivity contribution is 0.217. The molecule has 2 rings (SSSR count). The van der Waals surface area contributed by atoms with Gasteiger partial charge in [-0.3, -0.25) is 0 Å². The number of benzene rings is 1. The minimum absolute atomic E-state index is 0.158. The third-order valence-corrected chi connectivity index (χ3v) is 4.25. The Morgan fingerprint density at radius 3 is 2.43 bits per heavy atom. The van der Waals surface area contributed by atoms with E-state index in [0.29, 0.717) is 0 Å². The molecule has 0 fully saturated rings. The maximum absolute atomic E-state index is 5.94. The Kier molecular flexibility index (Phi) is 5.43. The number of hydrogen-bond donors (Lipinski definition) is 1. The highest BCUT2D eigenvalue weighted by molar-refractivity contribution is 7.09. The molecule has 1 heterocycles. The molecular weight excluding hydrogens is 278 g/mol. The van der Waals surface area contributed by atoms with Gasteiger partial charge in [0.15, 0.2) is 0 Å². The molecule has 0 bridgehead atoms. The van der Waals surface area contributed by atoms with Gasteiger partial charge in [0, 0.05) is 18.0 Å². The first-order valence-corrected chi connectivity index (χ1v) is 8.33. The van der Waals surface area contributed by atoms with E-state index < -0.39 is 0 Å². The summed E-state index contributed by atoms with van der Waals surface area (Å²) in [6.07, 6.45) is 0.158. The van der Waals surface area contributed by atoms with Crippen LogP contribution in [-0.4, -0.2) is 12.6 Å². The van der Waals surface area contributed by atoms with Crippen LogP contribution in [-0.2, 0) is 12.0 Å². The van der Waals surface area contributed by atoms with Crippen LogP contribution in [0.15, 0.2) is 41.8 Å². The van der Waals surface area contributed by atoms with Gasteiger partial charge in [-0.1, -0.05) is 39.0 Å². The first-order valence-electron chi connectivity index (χ1n) is 7.45. The maximum atomic E-state index is 5.94. The molecule has 0 aliphatic heterocycles. The second-order valence-electron chi connectivity index (χ2n) is 6.41. The van der Waals surface area contributed by atoms with Crippen molar-refractivity contribution in [3.63, 3.8) is 0 Å². The second-order valence-corrected chi connectivity index (χ2v) is 7.45. The van der Waals surface area contributed by atoms with E-state index in [1.54, 1.807) is 11.3 Å². The van der Waals surface area contributed by atoms with Crippen molar-refractivity contribution < 1.29 is 4.74 Å². The Morgan fingerprint density at radius 2 is 1.86 bits per heavy atom. The molecule has 0 amide bonds. The quantitative estimate of drug-likeness (QED) is 0.842. The fourth-order valence-electron chi connectivity index (χ4n) is 2.12. The Labute approximate surface area is 132 Å². The van der Waals surface area contributed by atoms with Crippen LogP contribution in [0.4, 0.5) is 0 Å². The first-order chi connectivity index (χ1) is 9.95. The summed E-state index contributed by atoms with van der Waals surface area (Å²) in [5.41, 5.74) is 1.52. The molecule has 0 spiro atoms. The van der Waals surface area contributed by atoms with Gasteiger partial charge in [0.1, 0.15) is 11.9 Å². The van der Waals surface area contributed by atoms with Crippen molar-refractivity contribution >= 4 is 11.3 Å². The fourth-order valence-corrected chi connectivity index (χ4v) is 2.79. The van der Waals surface area contributed by atoms with Gasteiger partial charge in [0.25, 0.3) is 0 Å². The van der Waals surface area contributed by atoms with E-state index in [-0.39, 0.29) is 11.5 Å². The highest BCUT2D eigenvalue weighted by Crippen LogP contribution is 2.24. The molecule has 114 valence electrons. The summed E-state index contributed by atoms with van der Waals surface area (Å²) in [6.45, 7) is 10.5. The van der Waals surface area contributed by atoms with E-state index in [2.05, 4.69) is 74.8 Å². The zero-order valence-corrected chi connectivity index (χ0v) is 14.2. The van der Waals surface area contributed by atoms with Crippen molar-refractivity contribution in [3.8, 4) is 5.75 Å². The molecule has 1 unspecified atom stereocenters. The zero-order valence-electron chi connectivity index (χ0n) is 13.3. The molecule has 2 aromatic rings. The Hall–Kier alpha value is -1.32. The summed E-state index contributed by atoms with van der Waals surface area (Å²) in [4.78, 5) is 1.36. The van der Waals surface area contributed by atoms with Crippen molar-refractivity contribution in [2.75, 3.05) is 6.54 Å². The fraction of sp³-hybridized carbons (Fsp3) is 0.444. The number of thiophene rings is 1. The van der Waals surface area contributed by atoms with Crippen LogP contribution in [0, 0.1) is 0 Å². The van der Waals surface area contributed by atoms with Gasteiger partial charge in [-0.05, 0) is 41.5 Å². The normalized spacial score (nSPS) is 13.1. The van der Waals surface area contributed by atoms with Crippen LogP contribution in [0.3, 0.4) is 0 Å². The van der Waals surface area contributed by atoms with Crippen LogP contribution >= 0.6 is 11.3 Å². The van der Waals surface area contributed by atoms with E-state index in [4.69, 9.17) is 4.74 Å². The smallest absolute Gasteiger partial charge is 0.119 e. The topological polar surface area (TPSA) is 21.3 Å². The Morgan fingerprint density at radius 1 is 1.14 bits per heavy atom. The molecule has 3 heteroatoms. The average molecular weight is 303 g/mol. The lowest BCUT2D eigenvalue weighted by Gasteiger charge is -2.20. The zero-order chi connectivity index (χ0) is 15.3. The Bertz CT molecular complexity index is 525. The number of ether oxygens (including phenoxy) is 1. The molecule has 1 atom stereocenters. The number of hydrogen-bond acceptors (Lipinski definition) is 3. The minimum Gasteiger partial charge on any atom is -0.489 e. The second kappa shape index (κ2) is 7.10. The minimum atomic E-state index is 0.158. The summed E-state index contributed by atoms with van der Waals surface area (Å²) >= 11 is 1.78. The predicted molar refractivity (Wildman–Crippen MR) is 91.3 cm³/mol. The van der Waals surface area contributed by atoms with Crippen LogP contribution < -0.4 is 10.1 Å². The van der Waals surface area contributed by atoms with E-state index >= 15 is 0 Å². The van der Waals surface area contributed by atoms with Crippen molar-refractivity contribution in [3.05, 3.63) is 52.2 Å². The first kappa shape index (κ1) is 16.1. The SMILES string of the molecule is CC(CNCc1cccs1)Oc1ccc(C(C)(C)C)cc1. The molecule has 1 aromatic carbocycles. The summed E-state index contributed by atoms with van der Waals surface area (Å²) in [7, 11) is 0. The molecule has 0 saturated heterocycles. The van der Waals surface area contributed by atoms with Gasteiger partial charge in [0.2, 0.25) is 0 Å². The predicted octanol–water partition coefficient (Wildman–Crippen LogP) is 4.60. The highest BCUT2D eigenvalue weighted by atomic mass is 32.1. The van der Waals surface area contributed by atoms with Crippen molar-refractivity contribution in [1.29, 1.82) is 0 Å². The molecule has 0 radical (unpaired) electrons. The van der Waals surface area contributed by atoms with E-state index in [9.17, 15) is 0 Å². The van der Waals surface area contributed by atoms with Crippen molar-refractivity contribution in [2.45, 2.75) is 45.8 Å². The van der Waals surface area contributed by atoms with Gasteiger partial charge in [-0.15, -0.1) is 11.3 Å². The van der Waals surface area contributed by atoms with E-state index in [1.807, 2.05) is 0 Å². The third-order valence-electron chi connectivity index (χ3n) is 3.37. The molecule has 0 saturated carbocycles. The average Bonchev–Trinajstić information content (AvgIpc) is 2.91. The van der Waals surface area contributed by atoms with Gasteiger partial charge in [-0.2, -0.15) is 0 Å². The van der Waals surface area contributed by atoms with Crippen LogP contribution in [0.2, 0.25) is 0 Å². The lowest BCUT2D eigenvalue weighted by atomic mass is 9.87. The summed E-state index contributed by atoms with van der Waals surface area (Å²) < 4.78 is 5.94. The molecule has 2 nitrogen and oxygen atoms in total. The van der Waals surface area contributed by atoms with Crippen LogP contribution in [0.1, 0.15) is 38.1 Å². The lowest BCUT2D eigenvalue weighted by Crippen LogP contribution is -2.28. The molecule has 1 N–H and O–H groups in total. The van der Waals surface area contributed by atoms with E-state index in [0.717, 1.165) is 18.8 Å². The van der Waals surface area contributed by atoms with Crippen molar-refractivity contribution in [2.24, 2.45) is 0 Å². The summed E-state index contributed by atoms with van der Waals surface area (Å²) in [6, 6.07) is 12.7. The van der Waals surface area contributed by atoms with Crippen LogP contribution in [0.25, 0.3) is 0 Å². The molecule has 21 heavy (non-hydrogen) atoms. The highest BCUT2D eigenvalue weighted by Gasteiger charge is 2.13. The largest absolute Gasteiger partial charge is 0.489 e. The summed E-state index contributed by atoms with van der Waals surface area (Å²) in [5.74, 6) is 0.938. The molecule has 0 aliphatic rings. The van der Waals surface area contributed by atoms with E-state index in [1.165, 1.54) is 10.4 Å². The molecular formula is C18H25NOS. The Balaban J connectivity index is 1.78. The summed E-state index contributed by atoms with van der Waals surface area (Å²) in [5, 5.41) is 5.53. The van der Waals surface area contributed by atoms with Crippen LogP contribution in [0.5, 0.6) is 5.75 Å². The van der Waals surface area contributed by atoms with Gasteiger partial charge >= 0.3 is 0 Å².